The van der Waals surface area contributed by atoms with Crippen LogP contribution in [0.4, 0.5) is 0 Å². The number of carboxylic acids is 2. The molecule has 3 aliphatic rings. The lowest BCUT2D eigenvalue weighted by atomic mass is 9.96. The maximum absolute atomic E-state index is 11.4. The molecule has 7 N–H and O–H groups in total. The average molecular weight is 426 g/mol. The van der Waals surface area contributed by atoms with Crippen LogP contribution in [0.15, 0.2) is 0 Å². The van der Waals surface area contributed by atoms with Gasteiger partial charge in [0.05, 0.1) is 6.61 Å². The number of carbonyl (C=O) groups is 2. The van der Waals surface area contributed by atoms with Crippen LogP contribution < -0.4 is 0 Å². The molecule has 3 fully saturated rings. The molecule has 0 saturated carbocycles. The summed E-state index contributed by atoms with van der Waals surface area (Å²) in [5.74, 6) is -5.18. The maximum Gasteiger partial charge on any atom is 0.364 e. The van der Waals surface area contributed by atoms with Crippen LogP contribution in [0, 0.1) is 0 Å². The summed E-state index contributed by atoms with van der Waals surface area (Å²) in [6, 6.07) is 0. The van der Waals surface area contributed by atoms with Crippen molar-refractivity contribution in [2.24, 2.45) is 0 Å². The van der Waals surface area contributed by atoms with E-state index in [1.54, 1.807) is 0 Å². The van der Waals surface area contributed by atoms with Crippen LogP contribution in [0.1, 0.15) is 6.92 Å². The predicted molar refractivity (Wildman–Crippen MR) is 82.9 cm³/mol. The Bertz CT molecular complexity index is 641. The number of hydrogen-bond donors (Lipinski definition) is 7. The minimum atomic E-state index is -2.08. The monoisotopic (exact) mass is 426 g/mol. The Hall–Kier alpha value is -1.46. The lowest BCUT2D eigenvalue weighted by Crippen LogP contribution is -2.68. The summed E-state index contributed by atoms with van der Waals surface area (Å²) in [6.07, 6.45) is -17.3. The first-order valence-corrected chi connectivity index (χ1v) is 8.61. The van der Waals surface area contributed by atoms with Crippen LogP contribution in [0.25, 0.3) is 0 Å². The molecule has 0 aromatic rings. The topological polar surface area (TPSA) is 222 Å². The molecule has 166 valence electrons. The number of aliphatic hydroxyl groups excluding tert-OH is 5. The summed E-state index contributed by atoms with van der Waals surface area (Å²) in [5, 5.41) is 68.3. The summed E-state index contributed by atoms with van der Waals surface area (Å²) < 4.78 is 25.7. The molecule has 0 aromatic carbocycles. The molecule has 3 rings (SSSR count). The van der Waals surface area contributed by atoms with Crippen molar-refractivity contribution in [2.75, 3.05) is 6.61 Å². The third kappa shape index (κ3) is 3.96. The van der Waals surface area contributed by atoms with Crippen LogP contribution in [0.5, 0.6) is 0 Å². The molecular weight excluding hydrogens is 404 g/mol. The fraction of sp³-hybridized carbons (Fsp3) is 0.867. The molecule has 0 radical (unpaired) electrons. The van der Waals surface area contributed by atoms with Crippen molar-refractivity contribution in [3.8, 4) is 0 Å². The molecule has 0 aliphatic carbocycles. The van der Waals surface area contributed by atoms with E-state index in [-0.39, 0.29) is 6.61 Å². The highest BCUT2D eigenvalue weighted by molar-refractivity contribution is 5.75. The van der Waals surface area contributed by atoms with Crippen LogP contribution in [-0.2, 0) is 33.3 Å². The predicted octanol–water partition coefficient (Wildman–Crippen LogP) is -4.44. The lowest BCUT2D eigenvalue weighted by Gasteiger charge is -2.49. The van der Waals surface area contributed by atoms with Gasteiger partial charge >= 0.3 is 11.9 Å². The van der Waals surface area contributed by atoms with E-state index < -0.39 is 79.1 Å². The second-order valence-electron chi connectivity index (χ2n) is 7.04. The Morgan fingerprint density at radius 1 is 0.966 bits per heavy atom. The zero-order chi connectivity index (χ0) is 21.7. The number of carboxylic acid groups (broad SMARTS) is 2. The zero-order valence-corrected chi connectivity index (χ0v) is 15.0. The number of aliphatic hydroxyl groups is 5. The van der Waals surface area contributed by atoms with E-state index in [0.717, 1.165) is 6.92 Å². The Morgan fingerprint density at radius 3 is 2.21 bits per heavy atom. The van der Waals surface area contributed by atoms with Crippen LogP contribution in [0.2, 0.25) is 0 Å². The van der Waals surface area contributed by atoms with E-state index in [0.29, 0.717) is 0 Å². The number of rotatable bonds is 4. The van der Waals surface area contributed by atoms with Gasteiger partial charge in [0.15, 0.2) is 18.7 Å². The molecule has 0 unspecified atom stereocenters. The Balaban J connectivity index is 1.75. The molecule has 0 bridgehead atoms. The molecule has 11 atom stereocenters. The molecule has 3 heterocycles. The Labute approximate surface area is 162 Å². The van der Waals surface area contributed by atoms with E-state index in [9.17, 15) is 40.2 Å². The van der Waals surface area contributed by atoms with Gasteiger partial charge in [0, 0.05) is 6.92 Å². The second-order valence-corrected chi connectivity index (χ2v) is 7.04. The molecule has 29 heavy (non-hydrogen) atoms. The largest absolute Gasteiger partial charge is 0.479 e. The average Bonchev–Trinajstić information content (AvgIpc) is 2.66. The van der Waals surface area contributed by atoms with Crippen LogP contribution in [0.3, 0.4) is 0 Å². The van der Waals surface area contributed by atoms with Gasteiger partial charge in [0.1, 0.15) is 42.7 Å². The number of hydrogen-bond acceptors (Lipinski definition) is 12. The van der Waals surface area contributed by atoms with Crippen molar-refractivity contribution in [3.63, 3.8) is 0 Å². The minimum absolute atomic E-state index is 0.371. The fourth-order valence-corrected chi connectivity index (χ4v) is 3.30. The second kappa shape index (κ2) is 7.99. The summed E-state index contributed by atoms with van der Waals surface area (Å²) >= 11 is 0. The molecule has 0 spiro atoms. The van der Waals surface area contributed by atoms with E-state index in [1.165, 1.54) is 0 Å². The Kier molecular flexibility index (Phi) is 6.13. The van der Waals surface area contributed by atoms with E-state index in [2.05, 4.69) is 0 Å². The highest BCUT2D eigenvalue weighted by Crippen LogP contribution is 2.34. The quantitative estimate of drug-likeness (QED) is 0.225. The van der Waals surface area contributed by atoms with Crippen molar-refractivity contribution in [2.45, 2.75) is 74.1 Å². The summed E-state index contributed by atoms with van der Waals surface area (Å²) in [6.45, 7) is 0.734. The molecule has 3 aliphatic heterocycles. The highest BCUT2D eigenvalue weighted by atomic mass is 16.8. The van der Waals surface area contributed by atoms with Gasteiger partial charge in [-0.25, -0.2) is 9.59 Å². The minimum Gasteiger partial charge on any atom is -0.479 e. The van der Waals surface area contributed by atoms with Gasteiger partial charge in [-0.2, -0.15) is 0 Å². The molecule has 0 aromatic heterocycles. The smallest absolute Gasteiger partial charge is 0.364 e. The summed E-state index contributed by atoms with van der Waals surface area (Å²) in [5.41, 5.74) is 0. The summed E-state index contributed by atoms with van der Waals surface area (Å²) in [4.78, 5) is 22.6. The van der Waals surface area contributed by atoms with Gasteiger partial charge in [-0.1, -0.05) is 0 Å². The van der Waals surface area contributed by atoms with Gasteiger partial charge in [0.25, 0.3) is 5.79 Å². The SMILES string of the molecule is C[C@@]1(C(=O)O)OC[C@H]2O[C@@H](O[C@H]3[C@H](O)[C@@H](O)[C@H](O)O[C@@H]3C(=O)O)[C@@H](O)[C@@H](O)[C@@H]2O1. The van der Waals surface area contributed by atoms with Gasteiger partial charge in [-0.15, -0.1) is 0 Å². The highest BCUT2D eigenvalue weighted by Gasteiger charge is 2.56. The lowest BCUT2D eigenvalue weighted by molar-refractivity contribution is -0.393. The van der Waals surface area contributed by atoms with Gasteiger partial charge in [-0.3, -0.25) is 0 Å². The standard InChI is InChI=1S/C15H22O14/c1-15(14(23)24)25-2-3-8(29-15)5(17)7(19)13(26-3)28-9-4(16)6(18)12(22)27-10(9)11(20)21/h3-10,12-13,16-19,22H,2H2,1H3,(H,20,21)(H,23,24)/t3-,4-,5-,6-,7+,8-,9+,10+,12-,13+,15-/m1/s1. The molecule has 3 saturated heterocycles. The summed E-state index contributed by atoms with van der Waals surface area (Å²) in [7, 11) is 0. The molecular formula is C15H22O14. The van der Waals surface area contributed by atoms with Crippen LogP contribution in [-0.4, -0.2) is 121 Å². The fourth-order valence-electron chi connectivity index (χ4n) is 3.30. The van der Waals surface area contributed by atoms with E-state index in [1.807, 2.05) is 0 Å². The number of ether oxygens (including phenoxy) is 5. The normalized spacial score (nSPS) is 50.6. The van der Waals surface area contributed by atoms with Gasteiger partial charge in [-0.05, 0) is 0 Å². The third-order valence-corrected chi connectivity index (χ3v) is 5.01. The van der Waals surface area contributed by atoms with Gasteiger partial charge in [0.2, 0.25) is 0 Å². The number of fused-ring (bicyclic) bond motifs is 1. The van der Waals surface area contributed by atoms with Crippen molar-refractivity contribution >= 4 is 11.9 Å². The Morgan fingerprint density at radius 2 is 1.62 bits per heavy atom. The van der Waals surface area contributed by atoms with Gasteiger partial charge < -0.3 is 59.4 Å². The first-order valence-electron chi connectivity index (χ1n) is 8.61. The maximum atomic E-state index is 11.4. The number of aliphatic carboxylic acids is 2. The zero-order valence-electron chi connectivity index (χ0n) is 15.0. The molecule has 14 heteroatoms. The first kappa shape index (κ1) is 22.2. The third-order valence-electron chi connectivity index (χ3n) is 5.01. The first-order chi connectivity index (χ1) is 13.5. The molecule has 14 nitrogen and oxygen atoms in total. The van der Waals surface area contributed by atoms with E-state index >= 15 is 0 Å². The van der Waals surface area contributed by atoms with Crippen molar-refractivity contribution in [1.29, 1.82) is 0 Å². The van der Waals surface area contributed by atoms with Crippen molar-refractivity contribution in [3.05, 3.63) is 0 Å². The van der Waals surface area contributed by atoms with E-state index in [4.69, 9.17) is 28.8 Å². The molecule has 0 amide bonds. The van der Waals surface area contributed by atoms with Crippen LogP contribution >= 0.6 is 0 Å². The van der Waals surface area contributed by atoms with Crippen molar-refractivity contribution in [1.82, 2.24) is 0 Å². The van der Waals surface area contributed by atoms with Crippen molar-refractivity contribution < 1.29 is 69.0 Å².